The van der Waals surface area contributed by atoms with E-state index in [9.17, 15) is 4.79 Å². The van der Waals surface area contributed by atoms with E-state index in [2.05, 4.69) is 15.3 Å². The molecule has 0 saturated heterocycles. The lowest BCUT2D eigenvalue weighted by atomic mass is 10.5. The summed E-state index contributed by atoms with van der Waals surface area (Å²) in [5.41, 5.74) is 6.64. The standard InChI is InChI=1S/C8H8N4OS2/c1-4-2-15-8(10-4)12-6(13)5-3-14-7(9)11-5/h2-3H,1H3,(H2,9,11)(H,10,12,13). The molecule has 1 amide bonds. The van der Waals surface area contributed by atoms with Crippen molar-refractivity contribution in [2.24, 2.45) is 0 Å². The molecule has 2 aromatic rings. The van der Waals surface area contributed by atoms with Gasteiger partial charge in [0.2, 0.25) is 0 Å². The van der Waals surface area contributed by atoms with Gasteiger partial charge in [-0.2, -0.15) is 0 Å². The zero-order chi connectivity index (χ0) is 10.8. The first-order valence-electron chi connectivity index (χ1n) is 4.09. The molecule has 7 heteroatoms. The number of thiazole rings is 2. The normalized spacial score (nSPS) is 10.2. The lowest BCUT2D eigenvalue weighted by molar-refractivity contribution is 0.102. The second kappa shape index (κ2) is 3.95. The van der Waals surface area contributed by atoms with Crippen LogP contribution in [0, 0.1) is 6.92 Å². The summed E-state index contributed by atoms with van der Waals surface area (Å²) in [7, 11) is 0. The number of nitrogens with zero attached hydrogens (tertiary/aromatic N) is 2. The van der Waals surface area contributed by atoms with Crippen molar-refractivity contribution in [1.82, 2.24) is 9.97 Å². The number of aromatic nitrogens is 2. The topological polar surface area (TPSA) is 80.9 Å². The average Bonchev–Trinajstić information content (AvgIpc) is 2.75. The van der Waals surface area contributed by atoms with Gasteiger partial charge in [0.05, 0.1) is 5.69 Å². The van der Waals surface area contributed by atoms with Gasteiger partial charge in [0.25, 0.3) is 5.91 Å². The maximum atomic E-state index is 11.6. The molecule has 5 nitrogen and oxygen atoms in total. The minimum absolute atomic E-state index is 0.280. The Balaban J connectivity index is 2.10. The summed E-state index contributed by atoms with van der Waals surface area (Å²) in [5.74, 6) is -0.280. The van der Waals surface area contributed by atoms with Crippen LogP contribution < -0.4 is 11.1 Å². The molecule has 15 heavy (non-hydrogen) atoms. The van der Waals surface area contributed by atoms with Crippen LogP contribution in [0.4, 0.5) is 10.3 Å². The van der Waals surface area contributed by atoms with Gasteiger partial charge < -0.3 is 5.73 Å². The van der Waals surface area contributed by atoms with E-state index in [0.717, 1.165) is 5.69 Å². The highest BCUT2D eigenvalue weighted by atomic mass is 32.1. The molecule has 78 valence electrons. The maximum Gasteiger partial charge on any atom is 0.276 e. The molecule has 2 aromatic heterocycles. The van der Waals surface area contributed by atoms with Gasteiger partial charge in [-0.15, -0.1) is 22.7 Å². The molecular weight excluding hydrogens is 232 g/mol. The number of nitrogens with one attached hydrogen (secondary N) is 1. The van der Waals surface area contributed by atoms with Gasteiger partial charge in [-0.25, -0.2) is 9.97 Å². The van der Waals surface area contributed by atoms with Crippen LogP contribution in [0.3, 0.4) is 0 Å². The van der Waals surface area contributed by atoms with E-state index in [-0.39, 0.29) is 5.91 Å². The molecule has 2 heterocycles. The summed E-state index contributed by atoms with van der Waals surface area (Å²) in [6.07, 6.45) is 0. The number of hydrogen-bond acceptors (Lipinski definition) is 6. The SMILES string of the molecule is Cc1csc(NC(=O)c2csc(N)n2)n1. The molecule has 0 unspecified atom stereocenters. The highest BCUT2D eigenvalue weighted by molar-refractivity contribution is 7.14. The van der Waals surface area contributed by atoms with Crippen LogP contribution in [-0.2, 0) is 0 Å². The summed E-state index contributed by atoms with van der Waals surface area (Å²) < 4.78 is 0. The highest BCUT2D eigenvalue weighted by Gasteiger charge is 2.11. The highest BCUT2D eigenvalue weighted by Crippen LogP contribution is 2.17. The number of rotatable bonds is 2. The van der Waals surface area contributed by atoms with Gasteiger partial charge >= 0.3 is 0 Å². The van der Waals surface area contributed by atoms with Crippen molar-refractivity contribution in [2.45, 2.75) is 6.92 Å². The number of carbonyl (C=O) groups excluding carboxylic acids is 1. The Bertz CT molecular complexity index is 490. The Morgan fingerprint density at radius 3 is 2.73 bits per heavy atom. The third-order valence-electron chi connectivity index (χ3n) is 1.59. The molecule has 0 aliphatic rings. The van der Waals surface area contributed by atoms with Crippen LogP contribution in [-0.4, -0.2) is 15.9 Å². The molecule has 0 aromatic carbocycles. The molecule has 3 N–H and O–H groups in total. The van der Waals surface area contributed by atoms with Gasteiger partial charge in [-0.05, 0) is 6.92 Å². The van der Waals surface area contributed by atoms with Crippen LogP contribution in [0.1, 0.15) is 16.2 Å². The molecular formula is C8H8N4OS2. The fourth-order valence-corrected chi connectivity index (χ4v) is 2.19. The summed E-state index contributed by atoms with van der Waals surface area (Å²) in [6.45, 7) is 1.87. The van der Waals surface area contributed by atoms with Crippen LogP contribution in [0.25, 0.3) is 0 Å². The van der Waals surface area contributed by atoms with E-state index in [1.165, 1.54) is 22.7 Å². The van der Waals surface area contributed by atoms with Gasteiger partial charge in [-0.3, -0.25) is 10.1 Å². The molecule has 0 fully saturated rings. The van der Waals surface area contributed by atoms with Crippen molar-refractivity contribution < 1.29 is 4.79 Å². The monoisotopic (exact) mass is 240 g/mol. The van der Waals surface area contributed by atoms with Crippen molar-refractivity contribution in [3.8, 4) is 0 Å². The zero-order valence-electron chi connectivity index (χ0n) is 7.85. The average molecular weight is 240 g/mol. The Labute approximate surface area is 94.0 Å². The number of amides is 1. The van der Waals surface area contributed by atoms with E-state index < -0.39 is 0 Å². The molecule has 0 atom stereocenters. The van der Waals surface area contributed by atoms with Crippen LogP contribution >= 0.6 is 22.7 Å². The lowest BCUT2D eigenvalue weighted by Gasteiger charge is -1.96. The third-order valence-corrected chi connectivity index (χ3v) is 3.14. The van der Waals surface area contributed by atoms with E-state index in [1.807, 2.05) is 12.3 Å². The zero-order valence-corrected chi connectivity index (χ0v) is 9.48. The van der Waals surface area contributed by atoms with Crippen molar-refractivity contribution in [2.75, 3.05) is 11.1 Å². The molecule has 0 aliphatic carbocycles. The summed E-state index contributed by atoms with van der Waals surface area (Å²) in [4.78, 5) is 19.6. The van der Waals surface area contributed by atoms with Gasteiger partial charge in [0, 0.05) is 10.8 Å². The van der Waals surface area contributed by atoms with Crippen molar-refractivity contribution >= 4 is 38.8 Å². The number of anilines is 2. The summed E-state index contributed by atoms with van der Waals surface area (Å²) >= 11 is 2.62. The minimum Gasteiger partial charge on any atom is -0.375 e. The van der Waals surface area contributed by atoms with Crippen LogP contribution in [0.5, 0.6) is 0 Å². The van der Waals surface area contributed by atoms with Crippen LogP contribution in [0.2, 0.25) is 0 Å². The first-order valence-corrected chi connectivity index (χ1v) is 5.85. The Morgan fingerprint density at radius 1 is 1.40 bits per heavy atom. The van der Waals surface area contributed by atoms with Gasteiger partial charge in [0.15, 0.2) is 10.3 Å². The van der Waals surface area contributed by atoms with E-state index in [0.29, 0.717) is 16.0 Å². The molecule has 0 aliphatic heterocycles. The Kier molecular flexibility index (Phi) is 2.65. The quantitative estimate of drug-likeness (QED) is 0.837. The fraction of sp³-hybridized carbons (Fsp3) is 0.125. The minimum atomic E-state index is -0.280. The molecule has 0 saturated carbocycles. The first kappa shape index (κ1) is 10.1. The van der Waals surface area contributed by atoms with Crippen LogP contribution in [0.15, 0.2) is 10.8 Å². The number of aryl methyl sites for hydroxylation is 1. The van der Waals surface area contributed by atoms with E-state index in [1.54, 1.807) is 5.38 Å². The smallest absolute Gasteiger partial charge is 0.276 e. The molecule has 0 bridgehead atoms. The predicted molar refractivity (Wildman–Crippen MR) is 61.3 cm³/mol. The fourth-order valence-electron chi connectivity index (χ4n) is 0.964. The summed E-state index contributed by atoms with van der Waals surface area (Å²) in [6, 6.07) is 0. The number of nitrogens with two attached hydrogens (primary N) is 1. The second-order valence-electron chi connectivity index (χ2n) is 2.82. The summed E-state index contributed by atoms with van der Waals surface area (Å²) in [5, 5.41) is 7.09. The Hall–Kier alpha value is -1.47. The maximum absolute atomic E-state index is 11.6. The number of nitrogen functional groups attached to an aromatic ring is 1. The first-order chi connectivity index (χ1) is 7.15. The lowest BCUT2D eigenvalue weighted by Crippen LogP contribution is -2.12. The van der Waals surface area contributed by atoms with Crippen molar-refractivity contribution in [1.29, 1.82) is 0 Å². The largest absolute Gasteiger partial charge is 0.375 e. The van der Waals surface area contributed by atoms with Crippen molar-refractivity contribution in [3.05, 3.63) is 22.1 Å². The predicted octanol–water partition coefficient (Wildman–Crippen LogP) is 1.74. The third kappa shape index (κ3) is 2.31. The van der Waals surface area contributed by atoms with E-state index >= 15 is 0 Å². The van der Waals surface area contributed by atoms with E-state index in [4.69, 9.17) is 5.73 Å². The van der Waals surface area contributed by atoms with Gasteiger partial charge in [-0.1, -0.05) is 0 Å². The van der Waals surface area contributed by atoms with Crippen molar-refractivity contribution in [3.63, 3.8) is 0 Å². The molecule has 0 radical (unpaired) electrons. The number of carbonyl (C=O) groups is 1. The van der Waals surface area contributed by atoms with Gasteiger partial charge in [0.1, 0.15) is 5.69 Å². The second-order valence-corrected chi connectivity index (χ2v) is 4.57. The molecule has 0 spiro atoms. The molecule has 2 rings (SSSR count). The Morgan fingerprint density at radius 2 is 2.20 bits per heavy atom. The number of hydrogen-bond donors (Lipinski definition) is 2.